The van der Waals surface area contributed by atoms with Gasteiger partial charge in [0.25, 0.3) is 0 Å². The Labute approximate surface area is 65.1 Å². The first-order valence-corrected chi connectivity index (χ1v) is 3.39. The second-order valence-electron chi connectivity index (χ2n) is 2.37. The highest BCUT2D eigenvalue weighted by Gasteiger charge is 2.04. The Bertz CT molecular complexity index is 222. The van der Waals surface area contributed by atoms with E-state index in [0.29, 0.717) is 5.69 Å². The summed E-state index contributed by atoms with van der Waals surface area (Å²) in [4.78, 5) is 8.00. The predicted octanol–water partition coefficient (Wildman–Crippen LogP) is -0.223. The molecule has 60 valence electrons. The van der Waals surface area contributed by atoms with Crippen LogP contribution in [0.15, 0.2) is 12.4 Å². The summed E-state index contributed by atoms with van der Waals surface area (Å²) in [6, 6.07) is -0.414. The number of rotatable bonds is 2. The summed E-state index contributed by atoms with van der Waals surface area (Å²) in [6.07, 6.45) is 3.21. The van der Waals surface area contributed by atoms with E-state index >= 15 is 0 Å². The molecule has 4 nitrogen and oxygen atoms in total. The number of aliphatic hydroxyl groups excluding tert-OH is 1. The van der Waals surface area contributed by atoms with Gasteiger partial charge in [0.1, 0.15) is 0 Å². The third-order valence-corrected chi connectivity index (χ3v) is 1.38. The zero-order valence-corrected chi connectivity index (χ0v) is 6.36. The lowest BCUT2D eigenvalue weighted by molar-refractivity contribution is 0.265. The van der Waals surface area contributed by atoms with Crippen LogP contribution < -0.4 is 5.73 Å². The van der Waals surface area contributed by atoms with Crippen molar-refractivity contribution in [2.75, 3.05) is 6.61 Å². The smallest absolute Gasteiger partial charge is 0.0777 e. The summed E-state index contributed by atoms with van der Waals surface area (Å²) in [5.41, 5.74) is 6.96. The molecule has 0 saturated carbocycles. The molecule has 0 aliphatic carbocycles. The maximum Gasteiger partial charge on any atom is 0.0777 e. The molecule has 3 N–H and O–H groups in total. The topological polar surface area (TPSA) is 72.0 Å². The van der Waals surface area contributed by atoms with Gasteiger partial charge in [-0.15, -0.1) is 0 Å². The van der Waals surface area contributed by atoms with E-state index in [2.05, 4.69) is 9.97 Å². The normalized spacial score (nSPS) is 13.0. The van der Waals surface area contributed by atoms with Crippen LogP contribution in [-0.2, 0) is 0 Å². The zero-order chi connectivity index (χ0) is 8.27. The van der Waals surface area contributed by atoms with Crippen LogP contribution in [0.2, 0.25) is 0 Å². The van der Waals surface area contributed by atoms with E-state index in [1.54, 1.807) is 12.4 Å². The molecular weight excluding hydrogens is 142 g/mol. The monoisotopic (exact) mass is 153 g/mol. The number of hydrogen-bond donors (Lipinski definition) is 2. The lowest BCUT2D eigenvalue weighted by Gasteiger charge is -2.05. The van der Waals surface area contributed by atoms with Gasteiger partial charge < -0.3 is 10.8 Å². The molecule has 0 radical (unpaired) electrons. The summed E-state index contributed by atoms with van der Waals surface area (Å²) in [7, 11) is 0. The average Bonchev–Trinajstić information content (AvgIpc) is 2.05. The minimum absolute atomic E-state index is 0.0995. The maximum absolute atomic E-state index is 8.66. The molecule has 0 fully saturated rings. The van der Waals surface area contributed by atoms with Crippen molar-refractivity contribution in [1.29, 1.82) is 0 Å². The minimum Gasteiger partial charge on any atom is -0.394 e. The fourth-order valence-electron chi connectivity index (χ4n) is 0.688. The fraction of sp³-hybridized carbons (Fsp3) is 0.429. The summed E-state index contributed by atoms with van der Waals surface area (Å²) < 4.78 is 0. The van der Waals surface area contributed by atoms with Gasteiger partial charge in [-0.05, 0) is 6.92 Å². The van der Waals surface area contributed by atoms with Crippen LogP contribution in [0, 0.1) is 6.92 Å². The van der Waals surface area contributed by atoms with Gasteiger partial charge in [-0.1, -0.05) is 0 Å². The van der Waals surface area contributed by atoms with Crippen LogP contribution in [0.25, 0.3) is 0 Å². The van der Waals surface area contributed by atoms with Crippen LogP contribution in [0.3, 0.4) is 0 Å². The van der Waals surface area contributed by atoms with Crippen molar-refractivity contribution in [3.8, 4) is 0 Å². The van der Waals surface area contributed by atoms with E-state index in [-0.39, 0.29) is 6.61 Å². The number of nitrogens with two attached hydrogens (primary N) is 1. The first-order valence-electron chi connectivity index (χ1n) is 3.39. The number of aromatic nitrogens is 2. The van der Waals surface area contributed by atoms with Gasteiger partial charge in [-0.3, -0.25) is 9.97 Å². The minimum atomic E-state index is -0.414. The molecule has 4 heteroatoms. The first kappa shape index (κ1) is 8.10. The number of nitrogens with zero attached hydrogens (tertiary/aromatic N) is 2. The van der Waals surface area contributed by atoms with Crippen LogP contribution in [-0.4, -0.2) is 21.7 Å². The van der Waals surface area contributed by atoms with Crippen molar-refractivity contribution in [2.45, 2.75) is 13.0 Å². The van der Waals surface area contributed by atoms with Crippen molar-refractivity contribution in [3.63, 3.8) is 0 Å². The molecule has 0 spiro atoms. The SMILES string of the molecule is Cc1cnc(C(N)CO)cn1. The van der Waals surface area contributed by atoms with Gasteiger partial charge >= 0.3 is 0 Å². The molecule has 0 amide bonds. The van der Waals surface area contributed by atoms with E-state index < -0.39 is 6.04 Å². The zero-order valence-electron chi connectivity index (χ0n) is 6.36. The molecular formula is C7H11N3O. The predicted molar refractivity (Wildman–Crippen MR) is 40.8 cm³/mol. The fourth-order valence-corrected chi connectivity index (χ4v) is 0.688. The highest BCUT2D eigenvalue weighted by molar-refractivity contribution is 5.04. The van der Waals surface area contributed by atoms with Crippen molar-refractivity contribution in [3.05, 3.63) is 23.8 Å². The molecule has 0 bridgehead atoms. The molecule has 0 aliphatic rings. The van der Waals surface area contributed by atoms with E-state index in [0.717, 1.165) is 5.69 Å². The van der Waals surface area contributed by atoms with Crippen molar-refractivity contribution >= 4 is 0 Å². The Morgan fingerprint density at radius 1 is 1.55 bits per heavy atom. The van der Waals surface area contributed by atoms with Crippen LogP contribution in [0.1, 0.15) is 17.4 Å². The third kappa shape index (κ3) is 1.96. The standard InChI is InChI=1S/C7H11N3O/c1-5-2-10-7(3-9-5)6(8)4-11/h2-3,6,11H,4,8H2,1H3. The molecule has 11 heavy (non-hydrogen) atoms. The largest absolute Gasteiger partial charge is 0.394 e. The molecule has 1 unspecified atom stereocenters. The van der Waals surface area contributed by atoms with Crippen molar-refractivity contribution in [1.82, 2.24) is 9.97 Å². The van der Waals surface area contributed by atoms with Gasteiger partial charge in [-0.25, -0.2) is 0 Å². The van der Waals surface area contributed by atoms with Gasteiger partial charge in [0.15, 0.2) is 0 Å². The maximum atomic E-state index is 8.66. The van der Waals surface area contributed by atoms with Crippen molar-refractivity contribution < 1.29 is 5.11 Å². The number of hydrogen-bond acceptors (Lipinski definition) is 4. The van der Waals surface area contributed by atoms with Crippen LogP contribution in [0.5, 0.6) is 0 Å². The van der Waals surface area contributed by atoms with Crippen LogP contribution >= 0.6 is 0 Å². The molecule has 1 heterocycles. The second-order valence-corrected chi connectivity index (χ2v) is 2.37. The number of aliphatic hydroxyl groups is 1. The third-order valence-electron chi connectivity index (χ3n) is 1.38. The molecule has 0 aliphatic heterocycles. The molecule has 1 aromatic rings. The highest BCUT2D eigenvalue weighted by atomic mass is 16.3. The number of aryl methyl sites for hydroxylation is 1. The van der Waals surface area contributed by atoms with Gasteiger partial charge in [0.05, 0.1) is 30.2 Å². The van der Waals surface area contributed by atoms with E-state index in [9.17, 15) is 0 Å². The molecule has 0 saturated heterocycles. The van der Waals surface area contributed by atoms with Gasteiger partial charge in [0.2, 0.25) is 0 Å². The molecule has 1 atom stereocenters. The molecule has 1 rings (SSSR count). The summed E-state index contributed by atoms with van der Waals surface area (Å²) in [6.45, 7) is 1.75. The molecule has 1 aromatic heterocycles. The van der Waals surface area contributed by atoms with E-state index in [4.69, 9.17) is 10.8 Å². The Kier molecular flexibility index (Phi) is 2.51. The van der Waals surface area contributed by atoms with Gasteiger partial charge in [-0.2, -0.15) is 0 Å². The van der Waals surface area contributed by atoms with E-state index in [1.807, 2.05) is 6.92 Å². The lowest BCUT2D eigenvalue weighted by Crippen LogP contribution is -2.16. The van der Waals surface area contributed by atoms with Crippen molar-refractivity contribution in [2.24, 2.45) is 5.73 Å². The molecule has 0 aromatic carbocycles. The average molecular weight is 153 g/mol. The summed E-state index contributed by atoms with van der Waals surface area (Å²) in [5.74, 6) is 0. The lowest BCUT2D eigenvalue weighted by atomic mass is 10.2. The Morgan fingerprint density at radius 3 is 2.73 bits per heavy atom. The summed E-state index contributed by atoms with van der Waals surface area (Å²) in [5, 5.41) is 8.66. The van der Waals surface area contributed by atoms with E-state index in [1.165, 1.54) is 0 Å². The second kappa shape index (κ2) is 3.41. The van der Waals surface area contributed by atoms with Gasteiger partial charge in [0, 0.05) is 6.20 Å². The quantitative estimate of drug-likeness (QED) is 0.616. The van der Waals surface area contributed by atoms with Crippen LogP contribution in [0.4, 0.5) is 0 Å². The Morgan fingerprint density at radius 2 is 2.27 bits per heavy atom. The first-order chi connectivity index (χ1) is 5.24. The summed E-state index contributed by atoms with van der Waals surface area (Å²) >= 11 is 0. The Hall–Kier alpha value is -1.00. The Balaban J connectivity index is 2.81. The highest BCUT2D eigenvalue weighted by Crippen LogP contribution is 2.03.